The number of rotatable bonds is 4. The lowest BCUT2D eigenvalue weighted by molar-refractivity contribution is 0.0946. The summed E-state index contributed by atoms with van der Waals surface area (Å²) in [5.74, 6) is -0.240. The molecule has 1 amide bonds. The van der Waals surface area contributed by atoms with Crippen molar-refractivity contribution in [2.45, 2.75) is 19.9 Å². The van der Waals surface area contributed by atoms with Gasteiger partial charge in [-0.15, -0.1) is 0 Å². The first-order valence-electron chi connectivity index (χ1n) is 5.86. The number of aryl methyl sites for hydroxylation is 1. The van der Waals surface area contributed by atoms with E-state index in [1.807, 2.05) is 18.2 Å². The van der Waals surface area contributed by atoms with Gasteiger partial charge >= 0.3 is 0 Å². The van der Waals surface area contributed by atoms with Crippen molar-refractivity contribution in [3.63, 3.8) is 0 Å². The monoisotopic (exact) mass is 244 g/mol. The van der Waals surface area contributed by atoms with Crippen molar-refractivity contribution < 1.29 is 4.79 Å². The normalized spacial score (nSPS) is 10.3. The van der Waals surface area contributed by atoms with E-state index in [0.29, 0.717) is 17.9 Å². The first-order valence-corrected chi connectivity index (χ1v) is 5.86. The minimum absolute atomic E-state index is 0.240. The number of nitrogen functional groups attached to an aromatic ring is 1. The Hall–Kier alpha value is -2.30. The van der Waals surface area contributed by atoms with Crippen LogP contribution in [0.2, 0.25) is 0 Å². The highest BCUT2D eigenvalue weighted by molar-refractivity contribution is 5.96. The minimum atomic E-state index is -0.240. The predicted octanol–water partition coefficient (Wildman–Crippen LogP) is 1.48. The quantitative estimate of drug-likeness (QED) is 0.761. The van der Waals surface area contributed by atoms with Gasteiger partial charge in [-0.3, -0.25) is 9.89 Å². The van der Waals surface area contributed by atoms with E-state index >= 15 is 0 Å². The Morgan fingerprint density at radius 1 is 1.39 bits per heavy atom. The maximum absolute atomic E-state index is 11.8. The molecule has 0 spiro atoms. The number of aromatic amines is 1. The van der Waals surface area contributed by atoms with Gasteiger partial charge in [0.15, 0.2) is 0 Å². The number of carbonyl (C=O) groups excluding carboxylic acids is 1. The van der Waals surface area contributed by atoms with Crippen molar-refractivity contribution in [1.29, 1.82) is 0 Å². The number of carbonyl (C=O) groups is 1. The summed E-state index contributed by atoms with van der Waals surface area (Å²) in [5.41, 5.74) is 8.63. The Bertz CT molecular complexity index is 547. The zero-order chi connectivity index (χ0) is 13.0. The molecule has 0 aliphatic heterocycles. The molecule has 0 aliphatic rings. The molecule has 1 heterocycles. The Morgan fingerprint density at radius 3 is 2.72 bits per heavy atom. The highest BCUT2D eigenvalue weighted by Crippen LogP contribution is 2.10. The standard InChI is InChI=1S/C13H16N4O/c1-2-9-5-3-4-6-10(9)7-15-13(18)12-11(14)8-16-17-12/h3-6,8H,2,7,14H2,1H3,(H,15,18)(H,16,17). The molecule has 94 valence electrons. The zero-order valence-electron chi connectivity index (χ0n) is 10.2. The van der Waals surface area contributed by atoms with Gasteiger partial charge in [0.25, 0.3) is 5.91 Å². The van der Waals surface area contributed by atoms with E-state index < -0.39 is 0 Å². The van der Waals surface area contributed by atoms with Gasteiger partial charge in [0.05, 0.1) is 11.9 Å². The summed E-state index contributed by atoms with van der Waals surface area (Å²) in [7, 11) is 0. The lowest BCUT2D eigenvalue weighted by atomic mass is 10.1. The molecular formula is C13H16N4O. The van der Waals surface area contributed by atoms with Crippen molar-refractivity contribution in [3.8, 4) is 0 Å². The summed E-state index contributed by atoms with van der Waals surface area (Å²) in [6.45, 7) is 2.58. The molecule has 5 heteroatoms. The second-order valence-electron chi connectivity index (χ2n) is 4.01. The summed E-state index contributed by atoms with van der Waals surface area (Å²) in [6.07, 6.45) is 2.37. The number of nitrogens with two attached hydrogens (primary N) is 1. The van der Waals surface area contributed by atoms with Crippen LogP contribution in [0.1, 0.15) is 28.5 Å². The van der Waals surface area contributed by atoms with E-state index in [0.717, 1.165) is 12.0 Å². The van der Waals surface area contributed by atoms with Crippen molar-refractivity contribution in [3.05, 3.63) is 47.3 Å². The molecule has 0 saturated carbocycles. The number of H-pyrrole nitrogens is 1. The molecule has 0 atom stereocenters. The highest BCUT2D eigenvalue weighted by atomic mass is 16.1. The van der Waals surface area contributed by atoms with Crippen LogP contribution >= 0.6 is 0 Å². The average molecular weight is 244 g/mol. The summed E-state index contributed by atoms with van der Waals surface area (Å²) in [4.78, 5) is 11.8. The second-order valence-corrected chi connectivity index (χ2v) is 4.01. The van der Waals surface area contributed by atoms with Crippen LogP contribution in [0.4, 0.5) is 5.69 Å². The molecule has 2 aromatic rings. The van der Waals surface area contributed by atoms with Crippen molar-refractivity contribution in [2.24, 2.45) is 0 Å². The molecular weight excluding hydrogens is 228 g/mol. The van der Waals surface area contributed by atoms with Gasteiger partial charge in [0.2, 0.25) is 0 Å². The second kappa shape index (κ2) is 5.35. The SMILES string of the molecule is CCc1ccccc1CNC(=O)c1[nH]ncc1N. The van der Waals surface area contributed by atoms with Crippen LogP contribution in [-0.2, 0) is 13.0 Å². The molecule has 0 saturated heterocycles. The van der Waals surface area contributed by atoms with Crippen LogP contribution < -0.4 is 11.1 Å². The van der Waals surface area contributed by atoms with Gasteiger partial charge in [-0.2, -0.15) is 5.10 Å². The zero-order valence-corrected chi connectivity index (χ0v) is 10.2. The third-order valence-corrected chi connectivity index (χ3v) is 2.83. The smallest absolute Gasteiger partial charge is 0.271 e. The van der Waals surface area contributed by atoms with Gasteiger partial charge in [0.1, 0.15) is 5.69 Å². The summed E-state index contributed by atoms with van der Waals surface area (Å²) in [5, 5.41) is 9.13. The van der Waals surface area contributed by atoms with E-state index in [1.165, 1.54) is 11.8 Å². The van der Waals surface area contributed by atoms with Gasteiger partial charge in [-0.05, 0) is 17.5 Å². The molecule has 0 radical (unpaired) electrons. The molecule has 18 heavy (non-hydrogen) atoms. The Labute approximate surface area is 105 Å². The van der Waals surface area contributed by atoms with Gasteiger partial charge in [0, 0.05) is 6.54 Å². The largest absolute Gasteiger partial charge is 0.396 e. The van der Waals surface area contributed by atoms with E-state index in [-0.39, 0.29) is 5.91 Å². The molecule has 0 aliphatic carbocycles. The van der Waals surface area contributed by atoms with E-state index in [4.69, 9.17) is 5.73 Å². The van der Waals surface area contributed by atoms with Crippen molar-refractivity contribution in [1.82, 2.24) is 15.5 Å². The third kappa shape index (κ3) is 2.51. The first kappa shape index (κ1) is 12.2. The van der Waals surface area contributed by atoms with Crippen LogP contribution in [0.25, 0.3) is 0 Å². The number of nitrogens with zero attached hydrogens (tertiary/aromatic N) is 1. The number of nitrogens with one attached hydrogen (secondary N) is 2. The van der Waals surface area contributed by atoms with Crippen LogP contribution in [-0.4, -0.2) is 16.1 Å². The molecule has 0 fully saturated rings. The van der Waals surface area contributed by atoms with Gasteiger partial charge in [-0.25, -0.2) is 0 Å². The number of benzene rings is 1. The maximum atomic E-state index is 11.8. The van der Waals surface area contributed by atoms with Crippen LogP contribution in [0.5, 0.6) is 0 Å². The summed E-state index contributed by atoms with van der Waals surface area (Å²) < 4.78 is 0. The lowest BCUT2D eigenvalue weighted by Gasteiger charge is -2.08. The Morgan fingerprint density at radius 2 is 2.11 bits per heavy atom. The number of hydrogen-bond donors (Lipinski definition) is 3. The molecule has 1 aromatic carbocycles. The number of amides is 1. The van der Waals surface area contributed by atoms with Crippen molar-refractivity contribution in [2.75, 3.05) is 5.73 Å². The van der Waals surface area contributed by atoms with Crippen LogP contribution in [0.3, 0.4) is 0 Å². The fourth-order valence-electron chi connectivity index (χ4n) is 1.82. The van der Waals surface area contributed by atoms with E-state index in [9.17, 15) is 4.79 Å². The van der Waals surface area contributed by atoms with Crippen LogP contribution in [0.15, 0.2) is 30.5 Å². The topological polar surface area (TPSA) is 83.8 Å². The fourth-order valence-corrected chi connectivity index (χ4v) is 1.82. The first-order chi connectivity index (χ1) is 8.72. The minimum Gasteiger partial charge on any atom is -0.396 e. The summed E-state index contributed by atoms with van der Waals surface area (Å²) >= 11 is 0. The predicted molar refractivity (Wildman–Crippen MR) is 70.0 cm³/mol. The van der Waals surface area contributed by atoms with E-state index in [2.05, 4.69) is 28.5 Å². The average Bonchev–Trinajstić information content (AvgIpc) is 2.82. The van der Waals surface area contributed by atoms with Gasteiger partial charge in [-0.1, -0.05) is 31.2 Å². The van der Waals surface area contributed by atoms with Crippen molar-refractivity contribution >= 4 is 11.6 Å². The number of aromatic nitrogens is 2. The molecule has 4 N–H and O–H groups in total. The molecule has 1 aromatic heterocycles. The van der Waals surface area contributed by atoms with E-state index in [1.54, 1.807) is 0 Å². The summed E-state index contributed by atoms with van der Waals surface area (Å²) in [6, 6.07) is 8.03. The molecule has 2 rings (SSSR count). The van der Waals surface area contributed by atoms with Crippen LogP contribution in [0, 0.1) is 0 Å². The lowest BCUT2D eigenvalue weighted by Crippen LogP contribution is -2.24. The third-order valence-electron chi connectivity index (χ3n) is 2.83. The molecule has 0 unspecified atom stereocenters. The number of hydrogen-bond acceptors (Lipinski definition) is 3. The molecule has 0 bridgehead atoms. The Kier molecular flexibility index (Phi) is 3.62. The fraction of sp³-hybridized carbons (Fsp3) is 0.231. The van der Waals surface area contributed by atoms with Gasteiger partial charge < -0.3 is 11.1 Å². The Balaban J connectivity index is 2.04. The highest BCUT2D eigenvalue weighted by Gasteiger charge is 2.11. The maximum Gasteiger partial charge on any atom is 0.271 e. The number of anilines is 1. The molecule has 5 nitrogen and oxygen atoms in total.